The number of unbranched alkanes of at least 4 members (excludes halogenated alkanes) is 15. The van der Waals surface area contributed by atoms with Gasteiger partial charge in [0.2, 0.25) is 0 Å². The van der Waals surface area contributed by atoms with Crippen LogP contribution < -0.4 is 14.4 Å². The van der Waals surface area contributed by atoms with E-state index < -0.39 is 5.97 Å². The molecule has 2 aromatic rings. The van der Waals surface area contributed by atoms with E-state index in [1.165, 1.54) is 109 Å². The van der Waals surface area contributed by atoms with Gasteiger partial charge >= 0.3 is 6.01 Å². The number of ether oxygens (including phenoxy) is 4. The van der Waals surface area contributed by atoms with Gasteiger partial charge < -0.3 is 28.8 Å². The van der Waals surface area contributed by atoms with Gasteiger partial charge in [0.05, 0.1) is 38.0 Å². The topological polar surface area (TPSA) is 107 Å². The molecular weight excluding hydrogens is 558 g/mol. The maximum absolute atomic E-state index is 11.0. The number of hydrogen-bond acceptors (Lipinski definition) is 8. The van der Waals surface area contributed by atoms with Gasteiger partial charge in [-0.1, -0.05) is 103 Å². The van der Waals surface area contributed by atoms with Crippen molar-refractivity contribution in [3.63, 3.8) is 0 Å². The normalized spacial score (nSPS) is 11.9. The first-order valence-corrected chi connectivity index (χ1v) is 17.1. The number of aromatic carboxylic acids is 1. The summed E-state index contributed by atoms with van der Waals surface area (Å²) < 4.78 is 25.0. The third-order valence-corrected chi connectivity index (χ3v) is 7.52. The van der Waals surface area contributed by atoms with Crippen LogP contribution in [0.2, 0.25) is 0 Å². The molecule has 0 aromatic carbocycles. The van der Waals surface area contributed by atoms with Crippen molar-refractivity contribution >= 4 is 5.97 Å². The molecule has 2 aromatic heterocycles. The molecule has 2 rings (SSSR count). The van der Waals surface area contributed by atoms with Crippen LogP contribution in [0.1, 0.15) is 120 Å². The fourth-order valence-corrected chi connectivity index (χ4v) is 4.96. The van der Waals surface area contributed by atoms with Crippen LogP contribution in [0.3, 0.4) is 0 Å². The van der Waals surface area contributed by atoms with E-state index in [0.29, 0.717) is 52.2 Å². The SMILES string of the molecule is CCCCCCCCCCCCCCCCCCOCC(COCCOCC[n+]1cccc(C(=O)[O-])c1)Oc1ncccn1. The minimum Gasteiger partial charge on any atom is -0.545 e. The van der Waals surface area contributed by atoms with Crippen molar-refractivity contribution in [3.05, 3.63) is 48.5 Å². The Morgan fingerprint density at radius 1 is 0.727 bits per heavy atom. The molecule has 44 heavy (non-hydrogen) atoms. The van der Waals surface area contributed by atoms with Crippen molar-refractivity contribution < 1.29 is 33.4 Å². The first kappa shape index (κ1) is 37.6. The first-order valence-electron chi connectivity index (χ1n) is 17.1. The van der Waals surface area contributed by atoms with E-state index >= 15 is 0 Å². The number of carbonyl (C=O) groups is 1. The summed E-state index contributed by atoms with van der Waals surface area (Å²) in [5.74, 6) is -1.19. The Morgan fingerprint density at radius 2 is 1.27 bits per heavy atom. The summed E-state index contributed by atoms with van der Waals surface area (Å²) in [5.41, 5.74) is 0.140. The van der Waals surface area contributed by atoms with Crippen LogP contribution in [0.5, 0.6) is 6.01 Å². The van der Waals surface area contributed by atoms with E-state index in [1.807, 2.05) is 0 Å². The molecule has 1 atom stereocenters. The number of nitrogens with zero attached hydrogens (tertiary/aromatic N) is 3. The highest BCUT2D eigenvalue weighted by atomic mass is 16.6. The molecule has 0 amide bonds. The van der Waals surface area contributed by atoms with Crippen LogP contribution in [0.25, 0.3) is 0 Å². The number of carbonyl (C=O) groups excluding carboxylic acids is 1. The summed E-state index contributed by atoms with van der Waals surface area (Å²) in [6, 6.07) is 5.23. The summed E-state index contributed by atoms with van der Waals surface area (Å²) in [4.78, 5) is 19.3. The summed E-state index contributed by atoms with van der Waals surface area (Å²) >= 11 is 0. The van der Waals surface area contributed by atoms with E-state index in [1.54, 1.807) is 35.3 Å². The van der Waals surface area contributed by atoms with Crippen molar-refractivity contribution in [3.8, 4) is 6.01 Å². The zero-order valence-electron chi connectivity index (χ0n) is 27.2. The molecular formula is C35H57N3O6. The summed E-state index contributed by atoms with van der Waals surface area (Å²) in [7, 11) is 0. The molecule has 0 fully saturated rings. The number of pyridine rings is 1. The van der Waals surface area contributed by atoms with Crippen LogP contribution in [-0.4, -0.2) is 61.7 Å². The van der Waals surface area contributed by atoms with Crippen molar-refractivity contribution in [1.82, 2.24) is 9.97 Å². The predicted octanol–water partition coefficient (Wildman–Crippen LogP) is 5.89. The third kappa shape index (κ3) is 20.4. The van der Waals surface area contributed by atoms with Crippen molar-refractivity contribution in [2.75, 3.05) is 39.6 Å². The number of carboxylic acids is 1. The minimum atomic E-state index is -1.19. The van der Waals surface area contributed by atoms with E-state index in [2.05, 4.69) is 16.9 Å². The van der Waals surface area contributed by atoms with Gasteiger partial charge in [-0.25, -0.2) is 14.5 Å². The quantitative estimate of drug-likeness (QED) is 0.0792. The zero-order chi connectivity index (χ0) is 31.3. The molecule has 0 saturated carbocycles. The number of aromatic nitrogens is 3. The molecule has 9 nitrogen and oxygen atoms in total. The molecule has 2 heterocycles. The Hall–Kier alpha value is -2.62. The molecule has 0 saturated heterocycles. The van der Waals surface area contributed by atoms with Crippen LogP contribution in [-0.2, 0) is 20.8 Å². The lowest BCUT2D eigenvalue weighted by atomic mass is 10.0. The molecule has 0 aliphatic heterocycles. The maximum atomic E-state index is 11.0. The van der Waals surface area contributed by atoms with Gasteiger partial charge in [-0.05, 0) is 18.6 Å². The highest BCUT2D eigenvalue weighted by Crippen LogP contribution is 2.14. The summed E-state index contributed by atoms with van der Waals surface area (Å²) in [6.45, 7) is 5.50. The van der Waals surface area contributed by atoms with Gasteiger partial charge in [-0.15, -0.1) is 0 Å². The van der Waals surface area contributed by atoms with E-state index in [0.717, 1.165) is 6.42 Å². The molecule has 0 bridgehead atoms. The summed E-state index contributed by atoms with van der Waals surface area (Å²) in [5, 5.41) is 11.0. The maximum Gasteiger partial charge on any atom is 0.316 e. The van der Waals surface area contributed by atoms with Gasteiger partial charge in [0, 0.05) is 25.1 Å². The smallest absolute Gasteiger partial charge is 0.316 e. The molecule has 0 spiro atoms. The van der Waals surface area contributed by atoms with Crippen molar-refractivity contribution in [2.45, 2.75) is 122 Å². The lowest BCUT2D eigenvalue weighted by Crippen LogP contribution is -2.37. The Balaban J connectivity index is 1.46. The molecule has 0 aliphatic carbocycles. The molecule has 0 N–H and O–H groups in total. The molecule has 9 heteroatoms. The fraction of sp³-hybridized carbons (Fsp3) is 0.714. The molecule has 1 unspecified atom stereocenters. The van der Waals surface area contributed by atoms with Crippen LogP contribution in [0.15, 0.2) is 43.0 Å². The van der Waals surface area contributed by atoms with E-state index in [9.17, 15) is 9.90 Å². The first-order chi connectivity index (χ1) is 21.7. The highest BCUT2D eigenvalue weighted by Gasteiger charge is 2.13. The van der Waals surface area contributed by atoms with Crippen molar-refractivity contribution in [2.24, 2.45) is 0 Å². The minimum absolute atomic E-state index is 0.140. The van der Waals surface area contributed by atoms with Crippen LogP contribution in [0, 0.1) is 0 Å². The second-order valence-electron chi connectivity index (χ2n) is 11.5. The van der Waals surface area contributed by atoms with Crippen LogP contribution in [0.4, 0.5) is 0 Å². The van der Waals surface area contributed by atoms with Gasteiger partial charge in [0.15, 0.2) is 18.9 Å². The van der Waals surface area contributed by atoms with Crippen LogP contribution >= 0.6 is 0 Å². The van der Waals surface area contributed by atoms with Gasteiger partial charge in [-0.3, -0.25) is 0 Å². The predicted molar refractivity (Wildman–Crippen MR) is 169 cm³/mol. The second kappa shape index (κ2) is 26.8. The lowest BCUT2D eigenvalue weighted by Gasteiger charge is -2.18. The van der Waals surface area contributed by atoms with Gasteiger partial charge in [-0.2, -0.15) is 0 Å². The van der Waals surface area contributed by atoms with E-state index in [4.69, 9.17) is 18.9 Å². The largest absolute Gasteiger partial charge is 0.545 e. The summed E-state index contributed by atoms with van der Waals surface area (Å²) in [6.07, 6.45) is 27.9. The molecule has 0 radical (unpaired) electrons. The number of rotatable bonds is 30. The molecule has 248 valence electrons. The Labute approximate surface area is 265 Å². The number of carboxylic acid groups (broad SMARTS) is 1. The Morgan fingerprint density at radius 3 is 1.86 bits per heavy atom. The fourth-order valence-electron chi connectivity index (χ4n) is 4.96. The van der Waals surface area contributed by atoms with Gasteiger partial charge in [0.1, 0.15) is 12.7 Å². The Kier molecular flexibility index (Phi) is 22.8. The zero-order valence-corrected chi connectivity index (χ0v) is 27.2. The van der Waals surface area contributed by atoms with Gasteiger partial charge in [0.25, 0.3) is 0 Å². The standard InChI is InChI=1S/C35H57N3O6/c1-2-3-4-5-6-7-8-9-10-11-12-13-14-15-16-17-25-42-30-33(44-35-36-21-19-22-37-35)31-43-28-27-41-26-24-38-23-18-20-32(29-38)34(39)40/h18-23,29,33H,2-17,24-28,30-31H2,1H3. The average Bonchev–Trinajstić information content (AvgIpc) is 3.04. The van der Waals surface area contributed by atoms with E-state index in [-0.39, 0.29) is 11.7 Å². The second-order valence-corrected chi connectivity index (χ2v) is 11.5. The Bertz CT molecular complexity index is 949. The highest BCUT2D eigenvalue weighted by molar-refractivity contribution is 5.84. The van der Waals surface area contributed by atoms with Crippen molar-refractivity contribution in [1.29, 1.82) is 0 Å². The molecule has 0 aliphatic rings. The average molecular weight is 616 g/mol. The monoisotopic (exact) mass is 615 g/mol. The number of hydrogen-bond donors (Lipinski definition) is 0. The lowest BCUT2D eigenvalue weighted by molar-refractivity contribution is -0.698. The third-order valence-electron chi connectivity index (χ3n) is 7.52.